The number of aromatic nitrogens is 1. The maximum atomic E-state index is 12.3. The number of nitrogens with zero attached hydrogens (tertiary/aromatic N) is 2. The minimum absolute atomic E-state index is 0.283. The van der Waals surface area contributed by atoms with E-state index < -0.39 is 12.6 Å². The van der Waals surface area contributed by atoms with Crippen molar-refractivity contribution in [2.75, 3.05) is 13.1 Å². The van der Waals surface area contributed by atoms with Crippen LogP contribution in [0.25, 0.3) is 0 Å². The van der Waals surface area contributed by atoms with Crippen molar-refractivity contribution in [1.29, 1.82) is 0 Å². The average molecular weight is 276 g/mol. The molecule has 0 saturated carbocycles. The third kappa shape index (κ3) is 3.96. The topological polar surface area (TPSA) is 29.3 Å². The molecule has 1 aliphatic heterocycles. The van der Waals surface area contributed by atoms with Gasteiger partial charge in [-0.1, -0.05) is 6.92 Å². The Labute approximate surface area is 110 Å². The van der Waals surface area contributed by atoms with Gasteiger partial charge in [0, 0.05) is 19.4 Å². The van der Waals surface area contributed by atoms with Crippen molar-refractivity contribution in [3.63, 3.8) is 0 Å². The molecule has 19 heavy (non-hydrogen) atoms. The van der Waals surface area contributed by atoms with Crippen LogP contribution in [0.15, 0.2) is 4.42 Å². The van der Waals surface area contributed by atoms with Crippen LogP contribution >= 0.6 is 0 Å². The van der Waals surface area contributed by atoms with Crippen molar-refractivity contribution in [3.05, 3.63) is 17.3 Å². The summed E-state index contributed by atoms with van der Waals surface area (Å²) in [4.78, 5) is 6.29. The summed E-state index contributed by atoms with van der Waals surface area (Å²) in [5.41, 5.74) is 0.844. The highest BCUT2D eigenvalue weighted by molar-refractivity contribution is 5.08. The Hall–Kier alpha value is -1.04. The lowest BCUT2D eigenvalue weighted by Crippen LogP contribution is -2.22. The number of likely N-dealkylation sites (tertiary alicyclic amines) is 1. The van der Waals surface area contributed by atoms with Gasteiger partial charge in [0.05, 0.1) is 12.2 Å². The second kappa shape index (κ2) is 5.53. The fourth-order valence-corrected chi connectivity index (χ4v) is 2.54. The number of halogens is 3. The summed E-state index contributed by atoms with van der Waals surface area (Å²) in [5, 5.41) is 0. The zero-order chi connectivity index (χ0) is 14.0. The van der Waals surface area contributed by atoms with Gasteiger partial charge in [0.1, 0.15) is 5.76 Å². The molecule has 1 aliphatic rings. The van der Waals surface area contributed by atoms with E-state index in [4.69, 9.17) is 4.42 Å². The van der Waals surface area contributed by atoms with Gasteiger partial charge in [-0.3, -0.25) is 4.90 Å². The fourth-order valence-electron chi connectivity index (χ4n) is 2.54. The maximum Gasteiger partial charge on any atom is 0.389 e. The molecule has 0 radical (unpaired) electrons. The molecule has 1 fully saturated rings. The van der Waals surface area contributed by atoms with Crippen molar-refractivity contribution in [1.82, 2.24) is 9.88 Å². The summed E-state index contributed by atoms with van der Waals surface area (Å²) in [6.45, 7) is 5.59. The molecule has 6 heteroatoms. The molecule has 3 nitrogen and oxygen atoms in total. The Morgan fingerprint density at radius 3 is 2.74 bits per heavy atom. The second-order valence-electron chi connectivity index (χ2n) is 5.18. The molecule has 108 valence electrons. The Balaban J connectivity index is 1.89. The van der Waals surface area contributed by atoms with E-state index in [9.17, 15) is 13.2 Å². The fraction of sp³-hybridized carbons (Fsp3) is 0.769. The molecule has 2 heterocycles. The lowest BCUT2D eigenvalue weighted by Gasteiger charge is -2.15. The van der Waals surface area contributed by atoms with Gasteiger partial charge in [0.25, 0.3) is 0 Å². The summed E-state index contributed by atoms with van der Waals surface area (Å²) < 4.78 is 42.6. The Bertz CT molecular complexity index is 428. The first kappa shape index (κ1) is 14.4. The second-order valence-corrected chi connectivity index (χ2v) is 5.18. The van der Waals surface area contributed by atoms with Crippen LogP contribution in [0.3, 0.4) is 0 Å². The lowest BCUT2D eigenvalue weighted by molar-refractivity contribution is -0.143. The van der Waals surface area contributed by atoms with Crippen LogP contribution in [0.1, 0.15) is 37.1 Å². The smallest absolute Gasteiger partial charge is 0.389 e. The van der Waals surface area contributed by atoms with Crippen molar-refractivity contribution in [2.24, 2.45) is 5.92 Å². The molecule has 1 aromatic heterocycles. The molecule has 0 bridgehead atoms. The Kier molecular flexibility index (Phi) is 4.18. The highest BCUT2D eigenvalue weighted by atomic mass is 19.4. The van der Waals surface area contributed by atoms with Crippen LogP contribution in [-0.4, -0.2) is 29.1 Å². The molecule has 2 rings (SSSR count). The van der Waals surface area contributed by atoms with E-state index in [2.05, 4.69) is 4.98 Å². The van der Waals surface area contributed by atoms with Gasteiger partial charge < -0.3 is 4.42 Å². The van der Waals surface area contributed by atoms with Crippen molar-refractivity contribution in [2.45, 2.75) is 45.8 Å². The number of aryl methyl sites for hydroxylation is 2. The zero-order valence-electron chi connectivity index (χ0n) is 11.3. The largest absolute Gasteiger partial charge is 0.444 e. The van der Waals surface area contributed by atoms with Gasteiger partial charge in [-0.15, -0.1) is 0 Å². The molecule has 0 spiro atoms. The first-order valence-corrected chi connectivity index (χ1v) is 6.61. The van der Waals surface area contributed by atoms with E-state index in [1.165, 1.54) is 0 Å². The number of rotatable bonds is 4. The van der Waals surface area contributed by atoms with Crippen LogP contribution < -0.4 is 0 Å². The number of alkyl halides is 3. The molecule has 0 aliphatic carbocycles. The minimum atomic E-state index is -4.06. The van der Waals surface area contributed by atoms with Crippen LogP contribution in [0.2, 0.25) is 0 Å². The SMILES string of the molecule is CCc1nc(C)c(CN2CCC(CC(F)(F)F)C2)o1. The van der Waals surface area contributed by atoms with E-state index in [1.54, 1.807) is 0 Å². The van der Waals surface area contributed by atoms with Crippen LogP contribution in [0.4, 0.5) is 13.2 Å². The van der Waals surface area contributed by atoms with E-state index in [0.29, 0.717) is 31.9 Å². The average Bonchev–Trinajstić information content (AvgIpc) is 2.85. The third-order valence-corrected chi connectivity index (χ3v) is 3.50. The van der Waals surface area contributed by atoms with E-state index in [0.717, 1.165) is 17.9 Å². The zero-order valence-corrected chi connectivity index (χ0v) is 11.3. The normalized spacial score (nSPS) is 21.2. The molecule has 1 unspecified atom stereocenters. The Morgan fingerprint density at radius 2 is 2.16 bits per heavy atom. The summed E-state index contributed by atoms with van der Waals surface area (Å²) in [7, 11) is 0. The van der Waals surface area contributed by atoms with Crippen molar-refractivity contribution < 1.29 is 17.6 Å². The van der Waals surface area contributed by atoms with Gasteiger partial charge in [-0.2, -0.15) is 13.2 Å². The standard InChI is InChI=1S/C13H19F3N2O/c1-3-12-17-9(2)11(19-12)8-18-5-4-10(7-18)6-13(14,15)16/h10H,3-8H2,1-2H3. The first-order valence-electron chi connectivity index (χ1n) is 6.61. The third-order valence-electron chi connectivity index (χ3n) is 3.50. The summed E-state index contributed by atoms with van der Waals surface area (Å²) in [6, 6.07) is 0. The van der Waals surface area contributed by atoms with Gasteiger partial charge in [0.15, 0.2) is 5.89 Å². The quantitative estimate of drug-likeness (QED) is 0.844. The van der Waals surface area contributed by atoms with Gasteiger partial charge in [-0.05, 0) is 25.8 Å². The van der Waals surface area contributed by atoms with E-state index in [1.807, 2.05) is 18.7 Å². The Morgan fingerprint density at radius 1 is 1.42 bits per heavy atom. The summed E-state index contributed by atoms with van der Waals surface area (Å²) in [6.07, 6.45) is -3.40. The number of hydrogen-bond acceptors (Lipinski definition) is 3. The molecule has 0 N–H and O–H groups in total. The van der Waals surface area contributed by atoms with Crippen molar-refractivity contribution >= 4 is 0 Å². The number of hydrogen-bond donors (Lipinski definition) is 0. The van der Waals surface area contributed by atoms with E-state index >= 15 is 0 Å². The van der Waals surface area contributed by atoms with E-state index in [-0.39, 0.29) is 5.92 Å². The monoisotopic (exact) mass is 276 g/mol. The first-order chi connectivity index (χ1) is 8.87. The predicted octanol–water partition coefficient (Wildman–Crippen LogP) is 3.32. The number of oxazole rings is 1. The van der Waals surface area contributed by atoms with Gasteiger partial charge >= 0.3 is 6.18 Å². The highest BCUT2D eigenvalue weighted by Crippen LogP contribution is 2.31. The van der Waals surface area contributed by atoms with Gasteiger partial charge in [0.2, 0.25) is 0 Å². The van der Waals surface area contributed by atoms with Crippen molar-refractivity contribution in [3.8, 4) is 0 Å². The van der Waals surface area contributed by atoms with Gasteiger partial charge in [-0.25, -0.2) is 4.98 Å². The molecule has 1 aromatic rings. The molecular weight excluding hydrogens is 257 g/mol. The molecular formula is C13H19F3N2O. The molecule has 0 amide bonds. The molecule has 0 aromatic carbocycles. The van der Waals surface area contributed by atoms with Crippen LogP contribution in [0.5, 0.6) is 0 Å². The summed E-state index contributed by atoms with van der Waals surface area (Å²) in [5.74, 6) is 1.19. The van der Waals surface area contributed by atoms with Crippen LogP contribution in [0, 0.1) is 12.8 Å². The maximum absolute atomic E-state index is 12.3. The molecule has 1 saturated heterocycles. The highest BCUT2D eigenvalue weighted by Gasteiger charge is 2.35. The van der Waals surface area contributed by atoms with Crippen LogP contribution in [-0.2, 0) is 13.0 Å². The summed E-state index contributed by atoms with van der Waals surface area (Å²) >= 11 is 0. The minimum Gasteiger partial charge on any atom is -0.444 e. The predicted molar refractivity (Wildman–Crippen MR) is 64.7 cm³/mol. The lowest BCUT2D eigenvalue weighted by atomic mass is 10.1. The molecule has 1 atom stereocenters.